The third kappa shape index (κ3) is 2.13. The minimum absolute atomic E-state index is 0.0915. The number of ether oxygens (including phenoxy) is 4. The summed E-state index contributed by atoms with van der Waals surface area (Å²) in [6.45, 7) is 3.86. The molecule has 0 saturated carbocycles. The number of methoxy groups -OCH3 is 1. The quantitative estimate of drug-likeness (QED) is 0.462. The highest BCUT2D eigenvalue weighted by molar-refractivity contribution is 7.79. The second-order valence-electron chi connectivity index (χ2n) is 7.65. The monoisotopic (exact) mass is 397 g/mol. The summed E-state index contributed by atoms with van der Waals surface area (Å²) in [5.41, 5.74) is 1.53. The third-order valence-corrected chi connectivity index (χ3v) is 5.81. The van der Waals surface area contributed by atoms with Gasteiger partial charge in [-0.15, -0.1) is 0 Å². The van der Waals surface area contributed by atoms with Gasteiger partial charge in [-0.25, -0.2) is 0 Å². The molecule has 5 rings (SSSR count). The first-order valence-corrected chi connectivity index (χ1v) is 9.43. The Morgan fingerprint density at radius 3 is 2.71 bits per heavy atom. The van der Waals surface area contributed by atoms with Gasteiger partial charge < -0.3 is 23.5 Å². The smallest absolute Gasteiger partial charge is 0.353 e. The molecule has 144 valence electrons. The summed E-state index contributed by atoms with van der Waals surface area (Å²) >= 11 is 5.18. The van der Waals surface area contributed by atoms with E-state index in [1.807, 2.05) is 49.7 Å². The normalized spacial score (nSPS) is 22.2. The van der Waals surface area contributed by atoms with Crippen molar-refractivity contribution >= 4 is 39.3 Å². The van der Waals surface area contributed by atoms with Gasteiger partial charge in [0.25, 0.3) is 0 Å². The van der Waals surface area contributed by atoms with E-state index in [0.29, 0.717) is 27.8 Å². The van der Waals surface area contributed by atoms with Crippen LogP contribution in [0.5, 0.6) is 11.5 Å². The lowest BCUT2D eigenvalue weighted by molar-refractivity contribution is -0.0479. The zero-order chi connectivity index (χ0) is 19.8. The molecule has 2 aliphatic heterocycles. The molecule has 3 heterocycles. The average Bonchev–Trinajstić information content (AvgIpc) is 3.07. The highest BCUT2D eigenvalue weighted by Gasteiger charge is 2.53. The maximum Gasteiger partial charge on any atom is 0.353 e. The van der Waals surface area contributed by atoms with Gasteiger partial charge in [0.15, 0.2) is 12.2 Å². The van der Waals surface area contributed by atoms with Crippen LogP contribution in [0, 0.1) is 0 Å². The fraction of sp³-hybridized carbons (Fsp3) is 0.333. The Labute approximate surface area is 166 Å². The van der Waals surface area contributed by atoms with Crippen molar-refractivity contribution in [2.45, 2.75) is 31.7 Å². The van der Waals surface area contributed by atoms with E-state index in [1.54, 1.807) is 13.2 Å². The van der Waals surface area contributed by atoms with Crippen LogP contribution in [0.15, 0.2) is 35.1 Å². The molecule has 1 saturated heterocycles. The minimum atomic E-state index is -0.660. The lowest BCUT2D eigenvalue weighted by atomic mass is 9.87. The lowest BCUT2D eigenvalue weighted by Gasteiger charge is -2.39. The second kappa shape index (κ2) is 5.61. The van der Waals surface area contributed by atoms with Crippen molar-refractivity contribution < 1.29 is 18.9 Å². The Morgan fingerprint density at radius 1 is 1.21 bits per heavy atom. The Hall–Kier alpha value is -2.80. The van der Waals surface area contributed by atoms with Crippen molar-refractivity contribution in [2.75, 3.05) is 7.11 Å². The summed E-state index contributed by atoms with van der Waals surface area (Å²) in [6, 6.07) is 9.27. The van der Waals surface area contributed by atoms with Gasteiger partial charge in [-0.2, -0.15) is 0 Å². The van der Waals surface area contributed by atoms with Gasteiger partial charge in [-0.3, -0.25) is 4.79 Å². The molecule has 7 heteroatoms. The highest BCUT2D eigenvalue weighted by atomic mass is 32.1. The molecule has 2 atom stereocenters. The molecule has 0 radical (unpaired) electrons. The first kappa shape index (κ1) is 17.3. The summed E-state index contributed by atoms with van der Waals surface area (Å²) in [6.07, 6.45) is -0.878. The van der Waals surface area contributed by atoms with Gasteiger partial charge in [-0.1, -0.05) is 12.1 Å². The van der Waals surface area contributed by atoms with Crippen molar-refractivity contribution in [3.63, 3.8) is 0 Å². The van der Waals surface area contributed by atoms with Crippen LogP contribution in [-0.2, 0) is 16.5 Å². The first-order valence-electron chi connectivity index (χ1n) is 9.02. The van der Waals surface area contributed by atoms with Crippen LogP contribution in [-0.4, -0.2) is 28.6 Å². The molecule has 2 aliphatic rings. The molecular formula is C21H19NO5S. The Balaban J connectivity index is 1.99. The van der Waals surface area contributed by atoms with E-state index in [9.17, 15) is 4.79 Å². The molecule has 2 aromatic carbocycles. The average molecular weight is 397 g/mol. The van der Waals surface area contributed by atoms with Crippen LogP contribution in [0.25, 0.3) is 21.8 Å². The van der Waals surface area contributed by atoms with Crippen molar-refractivity contribution in [1.29, 1.82) is 0 Å². The number of aryl methyl sites for hydroxylation is 1. The lowest BCUT2D eigenvalue weighted by Crippen LogP contribution is -2.48. The SMILES string of the molecule is COc1cc2c(c3c1c(=O)c1ccccc1n3C)[C@H]1OC(=S)O[C@H]1C(C)(C)O2. The van der Waals surface area contributed by atoms with Crippen molar-refractivity contribution in [2.24, 2.45) is 7.05 Å². The summed E-state index contributed by atoms with van der Waals surface area (Å²) in [5, 5.41) is 1.21. The molecule has 0 spiro atoms. The highest BCUT2D eigenvalue weighted by Crippen LogP contribution is 2.50. The van der Waals surface area contributed by atoms with E-state index >= 15 is 0 Å². The molecule has 3 aromatic rings. The molecule has 0 bridgehead atoms. The molecule has 0 aliphatic carbocycles. The van der Waals surface area contributed by atoms with Gasteiger partial charge in [0, 0.05) is 30.7 Å². The molecular weight excluding hydrogens is 378 g/mol. The molecule has 6 nitrogen and oxygen atoms in total. The number of aromatic nitrogens is 1. The van der Waals surface area contributed by atoms with E-state index in [0.717, 1.165) is 11.1 Å². The van der Waals surface area contributed by atoms with E-state index in [-0.39, 0.29) is 10.7 Å². The number of thiocarbonyl (C=S) groups is 1. The largest absolute Gasteiger partial charge is 0.496 e. The van der Waals surface area contributed by atoms with Gasteiger partial charge in [0.2, 0.25) is 5.43 Å². The number of fused-ring (bicyclic) bond motifs is 6. The van der Waals surface area contributed by atoms with Crippen LogP contribution >= 0.6 is 12.2 Å². The van der Waals surface area contributed by atoms with Crippen LogP contribution in [0.2, 0.25) is 0 Å². The van der Waals surface area contributed by atoms with Gasteiger partial charge in [0.05, 0.1) is 29.1 Å². The number of nitrogens with zero attached hydrogens (tertiary/aromatic N) is 1. The Kier molecular flexibility index (Phi) is 3.47. The molecule has 0 unspecified atom stereocenters. The molecule has 1 fully saturated rings. The predicted octanol–water partition coefficient (Wildman–Crippen LogP) is 3.61. The second-order valence-corrected chi connectivity index (χ2v) is 7.99. The van der Waals surface area contributed by atoms with E-state index < -0.39 is 17.8 Å². The van der Waals surface area contributed by atoms with E-state index in [4.69, 9.17) is 31.2 Å². The van der Waals surface area contributed by atoms with Crippen LogP contribution in [0.4, 0.5) is 0 Å². The molecule has 0 amide bonds. The fourth-order valence-electron chi connectivity index (χ4n) is 4.36. The van der Waals surface area contributed by atoms with Crippen molar-refractivity contribution in [1.82, 2.24) is 4.57 Å². The van der Waals surface area contributed by atoms with Crippen LogP contribution in [0.1, 0.15) is 25.5 Å². The maximum atomic E-state index is 13.4. The number of hydrogen-bond donors (Lipinski definition) is 0. The Bertz CT molecular complexity index is 1230. The summed E-state index contributed by atoms with van der Waals surface area (Å²) < 4.78 is 25.5. The number of rotatable bonds is 1. The van der Waals surface area contributed by atoms with E-state index in [1.165, 1.54) is 0 Å². The summed E-state index contributed by atoms with van der Waals surface area (Å²) in [7, 11) is 3.48. The zero-order valence-corrected chi connectivity index (χ0v) is 16.8. The van der Waals surface area contributed by atoms with Crippen molar-refractivity contribution in [3.8, 4) is 11.5 Å². The van der Waals surface area contributed by atoms with Crippen LogP contribution < -0.4 is 14.9 Å². The Morgan fingerprint density at radius 2 is 1.96 bits per heavy atom. The molecule has 1 aromatic heterocycles. The number of hydrogen-bond acceptors (Lipinski definition) is 6. The minimum Gasteiger partial charge on any atom is -0.496 e. The van der Waals surface area contributed by atoms with Crippen molar-refractivity contribution in [3.05, 3.63) is 46.1 Å². The number of benzene rings is 2. The topological polar surface area (TPSA) is 58.9 Å². The van der Waals surface area contributed by atoms with E-state index in [2.05, 4.69) is 0 Å². The van der Waals surface area contributed by atoms with Crippen LogP contribution in [0.3, 0.4) is 0 Å². The zero-order valence-electron chi connectivity index (χ0n) is 15.9. The van der Waals surface area contributed by atoms with Gasteiger partial charge in [0.1, 0.15) is 17.1 Å². The fourth-order valence-corrected chi connectivity index (χ4v) is 4.56. The predicted molar refractivity (Wildman–Crippen MR) is 109 cm³/mol. The van der Waals surface area contributed by atoms with Gasteiger partial charge in [-0.05, 0) is 26.0 Å². The first-order chi connectivity index (χ1) is 13.3. The molecule has 28 heavy (non-hydrogen) atoms. The maximum absolute atomic E-state index is 13.4. The summed E-state index contributed by atoms with van der Waals surface area (Å²) in [5.74, 6) is 1.07. The number of pyridine rings is 1. The molecule has 0 N–H and O–H groups in total. The summed E-state index contributed by atoms with van der Waals surface area (Å²) in [4.78, 5) is 13.4. The third-order valence-electron chi connectivity index (χ3n) is 5.62. The number of para-hydroxylation sites is 1. The van der Waals surface area contributed by atoms with Gasteiger partial charge >= 0.3 is 5.24 Å². The standard InChI is InChI=1S/C21H19NO5S/c1-21(2)19-18(25-20(28)26-19)15-13(27-21)9-12(24-4)14-16(15)22(3)11-8-6-5-7-10(11)17(14)23/h5-9,18-19H,1-4H3/t18-,19-/m1/s1.